The molecule has 2 bridgehead atoms. The van der Waals surface area contributed by atoms with Crippen LogP contribution in [-0.2, 0) is 6.54 Å². The van der Waals surface area contributed by atoms with Crippen LogP contribution in [0.3, 0.4) is 0 Å². The van der Waals surface area contributed by atoms with Gasteiger partial charge in [0.1, 0.15) is 12.3 Å². The number of benzene rings is 1. The number of methoxy groups -OCH3 is 1. The standard InChI is InChI=1S/C20H25N3O3/c1-25-19-7-3-2-6-18(19)22-20(24)21-14-11-15-8-9-16(12-14)23(15)13-17-5-4-10-26-17/h2-7,10,14-16H,8-9,11-13H2,1H3,(H2,21,22,24)/p+1/t14?,15-,16+. The average molecular weight is 356 g/mol. The second-order valence-corrected chi connectivity index (χ2v) is 7.27. The van der Waals surface area contributed by atoms with Crippen molar-refractivity contribution in [2.45, 2.75) is 50.4 Å². The van der Waals surface area contributed by atoms with E-state index < -0.39 is 0 Å². The van der Waals surface area contributed by atoms with Crippen molar-refractivity contribution in [1.82, 2.24) is 5.32 Å². The summed E-state index contributed by atoms with van der Waals surface area (Å²) in [5, 5.41) is 6.07. The Morgan fingerprint density at radius 2 is 1.96 bits per heavy atom. The van der Waals surface area contributed by atoms with E-state index in [4.69, 9.17) is 9.15 Å². The third-order valence-corrected chi connectivity index (χ3v) is 5.70. The molecule has 138 valence electrons. The Hall–Kier alpha value is -2.47. The fourth-order valence-corrected chi connectivity index (χ4v) is 4.54. The quantitative estimate of drug-likeness (QED) is 0.769. The van der Waals surface area contributed by atoms with Crippen LogP contribution in [0.4, 0.5) is 10.5 Å². The normalized spacial score (nSPS) is 27.1. The molecule has 2 unspecified atom stereocenters. The van der Waals surface area contributed by atoms with Gasteiger partial charge in [0.2, 0.25) is 0 Å². The minimum Gasteiger partial charge on any atom is -0.495 e. The minimum absolute atomic E-state index is 0.159. The first-order chi connectivity index (χ1) is 12.7. The summed E-state index contributed by atoms with van der Waals surface area (Å²) in [6.07, 6.45) is 6.24. The summed E-state index contributed by atoms with van der Waals surface area (Å²) in [5.41, 5.74) is 0.691. The topological polar surface area (TPSA) is 67.9 Å². The molecule has 0 radical (unpaired) electrons. The minimum atomic E-state index is -0.159. The number of amides is 2. The Morgan fingerprint density at radius 3 is 2.65 bits per heavy atom. The van der Waals surface area contributed by atoms with Crippen molar-refractivity contribution >= 4 is 11.7 Å². The number of anilines is 1. The van der Waals surface area contributed by atoms with Crippen LogP contribution in [0.5, 0.6) is 5.75 Å². The fourth-order valence-electron chi connectivity index (χ4n) is 4.54. The van der Waals surface area contributed by atoms with Crippen LogP contribution < -0.4 is 20.3 Å². The van der Waals surface area contributed by atoms with Gasteiger partial charge in [0.15, 0.2) is 5.76 Å². The summed E-state index contributed by atoms with van der Waals surface area (Å²) in [6.45, 7) is 0.947. The first-order valence-electron chi connectivity index (χ1n) is 9.31. The van der Waals surface area contributed by atoms with Crippen LogP contribution in [0, 0.1) is 0 Å². The number of fused-ring (bicyclic) bond motifs is 2. The number of quaternary nitrogens is 1. The van der Waals surface area contributed by atoms with E-state index >= 15 is 0 Å². The average Bonchev–Trinajstić information content (AvgIpc) is 3.22. The Balaban J connectivity index is 1.33. The van der Waals surface area contributed by atoms with E-state index in [9.17, 15) is 4.79 Å². The van der Waals surface area contributed by atoms with Gasteiger partial charge in [-0.3, -0.25) is 0 Å². The van der Waals surface area contributed by atoms with Crippen molar-refractivity contribution in [1.29, 1.82) is 0 Å². The molecule has 2 aliphatic heterocycles. The van der Waals surface area contributed by atoms with Crippen LogP contribution in [0.1, 0.15) is 31.4 Å². The van der Waals surface area contributed by atoms with Gasteiger partial charge in [-0.1, -0.05) is 12.1 Å². The molecule has 6 nitrogen and oxygen atoms in total. The number of rotatable bonds is 5. The maximum atomic E-state index is 12.4. The van der Waals surface area contributed by atoms with E-state index in [0.29, 0.717) is 23.5 Å². The van der Waals surface area contributed by atoms with Crippen molar-refractivity contribution < 1.29 is 18.8 Å². The summed E-state index contributed by atoms with van der Waals surface area (Å²) in [7, 11) is 1.60. The lowest BCUT2D eigenvalue weighted by molar-refractivity contribution is -0.955. The predicted octanol–water partition coefficient (Wildman–Crippen LogP) is 2.19. The number of hydrogen-bond donors (Lipinski definition) is 3. The number of urea groups is 1. The molecule has 4 atom stereocenters. The molecule has 3 N–H and O–H groups in total. The van der Waals surface area contributed by atoms with E-state index in [1.165, 1.54) is 12.8 Å². The largest absolute Gasteiger partial charge is 0.495 e. The third kappa shape index (κ3) is 3.55. The van der Waals surface area contributed by atoms with E-state index in [1.54, 1.807) is 18.3 Å². The van der Waals surface area contributed by atoms with Crippen molar-refractivity contribution in [2.24, 2.45) is 0 Å². The summed E-state index contributed by atoms with van der Waals surface area (Å²) in [4.78, 5) is 14.0. The highest BCUT2D eigenvalue weighted by molar-refractivity contribution is 5.91. The predicted molar refractivity (Wildman–Crippen MR) is 98.4 cm³/mol. The highest BCUT2D eigenvalue weighted by Gasteiger charge is 2.45. The first-order valence-corrected chi connectivity index (χ1v) is 9.31. The molecular weight excluding hydrogens is 330 g/mol. The van der Waals surface area contributed by atoms with Crippen molar-refractivity contribution in [2.75, 3.05) is 12.4 Å². The fraction of sp³-hybridized carbons (Fsp3) is 0.450. The molecule has 2 aliphatic rings. The van der Waals surface area contributed by atoms with Gasteiger partial charge in [0.05, 0.1) is 31.1 Å². The maximum Gasteiger partial charge on any atom is 0.319 e. The molecular formula is C20H26N3O3+. The van der Waals surface area contributed by atoms with E-state index in [2.05, 4.69) is 16.7 Å². The summed E-state index contributed by atoms with van der Waals surface area (Å²) in [6, 6.07) is 12.7. The van der Waals surface area contributed by atoms with Gasteiger partial charge < -0.3 is 24.7 Å². The Morgan fingerprint density at radius 1 is 1.19 bits per heavy atom. The molecule has 26 heavy (non-hydrogen) atoms. The number of furan rings is 1. The van der Waals surface area contributed by atoms with Crippen LogP contribution in [0.15, 0.2) is 47.1 Å². The zero-order valence-corrected chi connectivity index (χ0v) is 15.0. The third-order valence-electron chi connectivity index (χ3n) is 5.70. The number of hydrogen-bond acceptors (Lipinski definition) is 3. The Kier molecular flexibility index (Phi) is 4.84. The molecule has 2 amide bonds. The van der Waals surface area contributed by atoms with Crippen LogP contribution >= 0.6 is 0 Å². The number of piperidine rings is 1. The first kappa shape index (κ1) is 17.0. The number of nitrogens with one attached hydrogen (secondary N) is 3. The van der Waals surface area contributed by atoms with Gasteiger partial charge in [-0.05, 0) is 24.3 Å². The Bertz CT molecular complexity index is 733. The molecule has 3 heterocycles. The van der Waals surface area contributed by atoms with E-state index in [0.717, 1.165) is 25.1 Å². The molecule has 0 aliphatic carbocycles. The SMILES string of the molecule is COc1ccccc1NC(=O)NC1C[C@H]2CC[C@@H](C1)[NH+]2Cc1ccco1. The molecule has 2 aromatic rings. The smallest absolute Gasteiger partial charge is 0.319 e. The lowest BCUT2D eigenvalue weighted by atomic mass is 9.97. The van der Waals surface area contributed by atoms with Gasteiger partial charge in [-0.15, -0.1) is 0 Å². The maximum absolute atomic E-state index is 12.4. The lowest BCUT2D eigenvalue weighted by Crippen LogP contribution is -3.17. The second-order valence-electron chi connectivity index (χ2n) is 7.27. The molecule has 1 aromatic heterocycles. The highest BCUT2D eigenvalue weighted by Crippen LogP contribution is 2.25. The van der Waals surface area contributed by atoms with E-state index in [1.807, 2.05) is 30.3 Å². The van der Waals surface area contributed by atoms with E-state index in [-0.39, 0.29) is 12.1 Å². The lowest BCUT2D eigenvalue weighted by Gasteiger charge is -2.35. The number of carbonyl (C=O) groups is 1. The van der Waals surface area contributed by atoms with Crippen LogP contribution in [0.2, 0.25) is 0 Å². The number of ether oxygens (including phenoxy) is 1. The number of para-hydroxylation sites is 2. The molecule has 2 saturated heterocycles. The zero-order chi connectivity index (χ0) is 17.9. The molecule has 0 saturated carbocycles. The molecule has 1 aromatic carbocycles. The number of carbonyl (C=O) groups excluding carboxylic acids is 1. The monoisotopic (exact) mass is 356 g/mol. The van der Waals surface area contributed by atoms with Gasteiger partial charge in [0, 0.05) is 31.7 Å². The Labute approximate surface area is 153 Å². The summed E-state index contributed by atoms with van der Waals surface area (Å²) >= 11 is 0. The highest BCUT2D eigenvalue weighted by atomic mass is 16.5. The molecule has 6 heteroatoms. The van der Waals surface area contributed by atoms with Gasteiger partial charge in [-0.25, -0.2) is 4.79 Å². The van der Waals surface area contributed by atoms with Crippen LogP contribution in [0.25, 0.3) is 0 Å². The van der Waals surface area contributed by atoms with Crippen LogP contribution in [-0.4, -0.2) is 31.3 Å². The zero-order valence-electron chi connectivity index (χ0n) is 15.0. The molecule has 2 fully saturated rings. The van der Waals surface area contributed by atoms with Crippen molar-refractivity contribution in [3.05, 3.63) is 48.4 Å². The summed E-state index contributed by atoms with van der Waals surface area (Å²) < 4.78 is 10.8. The molecule has 0 spiro atoms. The van der Waals surface area contributed by atoms with Crippen molar-refractivity contribution in [3.8, 4) is 5.75 Å². The van der Waals surface area contributed by atoms with Gasteiger partial charge in [0.25, 0.3) is 0 Å². The molecule has 4 rings (SSSR count). The van der Waals surface area contributed by atoms with Gasteiger partial charge >= 0.3 is 6.03 Å². The second kappa shape index (κ2) is 7.41. The van der Waals surface area contributed by atoms with Crippen molar-refractivity contribution in [3.63, 3.8) is 0 Å². The van der Waals surface area contributed by atoms with Gasteiger partial charge in [-0.2, -0.15) is 0 Å². The summed E-state index contributed by atoms with van der Waals surface area (Å²) in [5.74, 6) is 1.72.